The van der Waals surface area contributed by atoms with Crippen LogP contribution < -0.4 is 11.5 Å². The van der Waals surface area contributed by atoms with Crippen molar-refractivity contribution in [2.24, 2.45) is 11.5 Å². The van der Waals surface area contributed by atoms with Crippen LogP contribution in [-0.2, 0) is 18.9 Å². The Morgan fingerprint density at radius 2 is 1.85 bits per heavy atom. The van der Waals surface area contributed by atoms with Gasteiger partial charge < -0.3 is 30.4 Å². The lowest BCUT2D eigenvalue weighted by molar-refractivity contribution is -0.321. The van der Waals surface area contributed by atoms with Gasteiger partial charge in [0.05, 0.1) is 18.7 Å². The molecule has 20 heavy (non-hydrogen) atoms. The van der Waals surface area contributed by atoms with Crippen LogP contribution in [0.4, 0.5) is 0 Å². The summed E-state index contributed by atoms with van der Waals surface area (Å²) >= 11 is 0. The van der Waals surface area contributed by atoms with E-state index >= 15 is 0 Å². The van der Waals surface area contributed by atoms with Gasteiger partial charge in [-0.3, -0.25) is 0 Å². The van der Waals surface area contributed by atoms with Gasteiger partial charge in [-0.05, 0) is 0 Å². The molecule has 0 bridgehead atoms. The Balaban J connectivity index is 1.74. The van der Waals surface area contributed by atoms with Crippen molar-refractivity contribution in [3.8, 4) is 0 Å². The first kappa shape index (κ1) is 13.9. The Kier molecular flexibility index (Phi) is 4.02. The molecule has 2 aliphatic rings. The van der Waals surface area contributed by atoms with Crippen LogP contribution in [0.3, 0.4) is 0 Å². The van der Waals surface area contributed by atoms with Crippen LogP contribution in [0.1, 0.15) is 11.9 Å². The molecule has 0 aromatic heterocycles. The molecular weight excluding hydrogens is 260 g/mol. The van der Waals surface area contributed by atoms with Gasteiger partial charge in [-0.15, -0.1) is 0 Å². The monoisotopic (exact) mass is 280 g/mol. The summed E-state index contributed by atoms with van der Waals surface area (Å²) in [6, 6.07) is 8.97. The number of ether oxygens (including phenoxy) is 4. The molecule has 0 radical (unpaired) electrons. The van der Waals surface area contributed by atoms with Crippen LogP contribution in [0, 0.1) is 0 Å². The molecule has 1 aromatic rings. The van der Waals surface area contributed by atoms with Crippen LogP contribution >= 0.6 is 0 Å². The van der Waals surface area contributed by atoms with Crippen molar-refractivity contribution in [3.63, 3.8) is 0 Å². The molecule has 0 amide bonds. The lowest BCUT2D eigenvalue weighted by Crippen LogP contribution is -2.67. The second kappa shape index (κ2) is 5.77. The minimum absolute atomic E-state index is 0.255. The van der Waals surface area contributed by atoms with Crippen molar-refractivity contribution >= 4 is 0 Å². The van der Waals surface area contributed by atoms with E-state index in [1.165, 1.54) is 0 Å². The molecule has 110 valence electrons. The van der Waals surface area contributed by atoms with Gasteiger partial charge in [0.1, 0.15) is 12.2 Å². The van der Waals surface area contributed by atoms with Gasteiger partial charge in [0, 0.05) is 12.7 Å². The fourth-order valence-corrected chi connectivity index (χ4v) is 2.66. The molecule has 0 spiro atoms. The first-order valence-electron chi connectivity index (χ1n) is 6.72. The predicted octanol–water partition coefficient (Wildman–Crippen LogP) is 0.127. The average molecular weight is 280 g/mol. The van der Waals surface area contributed by atoms with E-state index in [1.807, 2.05) is 30.3 Å². The van der Waals surface area contributed by atoms with Gasteiger partial charge in [-0.1, -0.05) is 30.3 Å². The first-order chi connectivity index (χ1) is 9.70. The highest BCUT2D eigenvalue weighted by molar-refractivity contribution is 5.16. The molecule has 4 N–H and O–H groups in total. The molecule has 1 aromatic carbocycles. The molecule has 2 aliphatic heterocycles. The quantitative estimate of drug-likeness (QED) is 0.800. The summed E-state index contributed by atoms with van der Waals surface area (Å²) in [6.45, 7) is 0.407. The van der Waals surface area contributed by atoms with E-state index in [1.54, 1.807) is 7.11 Å². The minimum atomic E-state index is -0.522. The van der Waals surface area contributed by atoms with Gasteiger partial charge in [0.15, 0.2) is 12.6 Å². The van der Waals surface area contributed by atoms with Crippen LogP contribution in [0.25, 0.3) is 0 Å². The molecule has 6 heteroatoms. The number of benzene rings is 1. The van der Waals surface area contributed by atoms with Gasteiger partial charge in [0.2, 0.25) is 0 Å². The highest BCUT2D eigenvalue weighted by Gasteiger charge is 2.47. The molecule has 6 atom stereocenters. The van der Waals surface area contributed by atoms with Crippen molar-refractivity contribution in [3.05, 3.63) is 35.9 Å². The molecule has 0 aliphatic carbocycles. The van der Waals surface area contributed by atoms with E-state index in [9.17, 15) is 0 Å². The molecule has 3 rings (SSSR count). The molecule has 2 fully saturated rings. The summed E-state index contributed by atoms with van der Waals surface area (Å²) in [5.41, 5.74) is 13.2. The van der Waals surface area contributed by atoms with E-state index in [2.05, 4.69) is 0 Å². The average Bonchev–Trinajstić information content (AvgIpc) is 2.51. The number of hydrogen-bond donors (Lipinski definition) is 2. The third-order valence-corrected chi connectivity index (χ3v) is 3.81. The van der Waals surface area contributed by atoms with Crippen LogP contribution in [0.15, 0.2) is 30.3 Å². The Hall–Kier alpha value is -1.02. The van der Waals surface area contributed by atoms with Gasteiger partial charge in [-0.25, -0.2) is 0 Å². The maximum atomic E-state index is 6.17. The summed E-state index contributed by atoms with van der Waals surface area (Å²) < 4.78 is 22.6. The molecule has 2 heterocycles. The zero-order valence-electron chi connectivity index (χ0n) is 11.3. The number of nitrogens with two attached hydrogens (primary N) is 2. The van der Waals surface area contributed by atoms with E-state index < -0.39 is 18.6 Å². The summed E-state index contributed by atoms with van der Waals surface area (Å²) in [5.74, 6) is 0. The summed E-state index contributed by atoms with van der Waals surface area (Å²) in [6.07, 6.45) is -1.50. The van der Waals surface area contributed by atoms with Crippen molar-refractivity contribution < 1.29 is 18.9 Å². The summed E-state index contributed by atoms with van der Waals surface area (Å²) in [4.78, 5) is 0. The summed E-state index contributed by atoms with van der Waals surface area (Å²) in [7, 11) is 1.55. The molecule has 0 saturated carbocycles. The molecule has 6 nitrogen and oxygen atoms in total. The Morgan fingerprint density at radius 1 is 1.10 bits per heavy atom. The first-order valence-corrected chi connectivity index (χ1v) is 6.72. The number of methoxy groups -OCH3 is 1. The van der Waals surface area contributed by atoms with E-state index in [0.717, 1.165) is 5.56 Å². The smallest absolute Gasteiger partial charge is 0.184 e. The standard InChI is InChI=1S/C14H20N2O4/c1-17-14-11(16)10(15)12-9(19-14)7-18-13(20-12)8-5-3-2-4-6-8/h2-6,9-14H,7,15-16H2,1H3/t9-,10-,11+,12+,13?,14+/m1/s1. The lowest BCUT2D eigenvalue weighted by atomic mass is 9.94. The van der Waals surface area contributed by atoms with Crippen molar-refractivity contribution in [2.45, 2.75) is 36.9 Å². The predicted molar refractivity (Wildman–Crippen MR) is 71.6 cm³/mol. The van der Waals surface area contributed by atoms with E-state index in [0.29, 0.717) is 6.61 Å². The van der Waals surface area contributed by atoms with Gasteiger partial charge in [0.25, 0.3) is 0 Å². The number of fused-ring (bicyclic) bond motifs is 1. The van der Waals surface area contributed by atoms with Crippen LogP contribution in [0.2, 0.25) is 0 Å². The largest absolute Gasteiger partial charge is 0.354 e. The molecular formula is C14H20N2O4. The third-order valence-electron chi connectivity index (χ3n) is 3.81. The second-order valence-corrected chi connectivity index (χ2v) is 5.11. The minimum Gasteiger partial charge on any atom is -0.354 e. The van der Waals surface area contributed by atoms with Crippen LogP contribution in [0.5, 0.6) is 0 Å². The molecule has 1 unspecified atom stereocenters. The van der Waals surface area contributed by atoms with E-state index in [4.69, 9.17) is 30.4 Å². The Bertz CT molecular complexity index is 442. The summed E-state index contributed by atoms with van der Waals surface area (Å²) in [5, 5.41) is 0. The highest BCUT2D eigenvalue weighted by atomic mass is 16.7. The third kappa shape index (κ3) is 2.46. The van der Waals surface area contributed by atoms with Crippen molar-refractivity contribution in [1.29, 1.82) is 0 Å². The maximum Gasteiger partial charge on any atom is 0.184 e. The highest BCUT2D eigenvalue weighted by Crippen LogP contribution is 2.32. The maximum absolute atomic E-state index is 6.17. The normalized spacial score (nSPS) is 41.1. The van der Waals surface area contributed by atoms with Crippen molar-refractivity contribution in [1.82, 2.24) is 0 Å². The SMILES string of the molecule is CO[C@H]1O[C@@H]2COC(c3ccccc3)O[C@@H]2[C@H](N)[C@@H]1N. The zero-order chi connectivity index (χ0) is 14.1. The number of hydrogen-bond acceptors (Lipinski definition) is 6. The van der Waals surface area contributed by atoms with E-state index in [-0.39, 0.29) is 18.2 Å². The number of rotatable bonds is 2. The van der Waals surface area contributed by atoms with Gasteiger partial charge >= 0.3 is 0 Å². The molecule has 2 saturated heterocycles. The fourth-order valence-electron chi connectivity index (χ4n) is 2.66. The Labute approximate surface area is 117 Å². The van der Waals surface area contributed by atoms with Crippen molar-refractivity contribution in [2.75, 3.05) is 13.7 Å². The second-order valence-electron chi connectivity index (χ2n) is 5.11. The van der Waals surface area contributed by atoms with Crippen LogP contribution in [-0.4, -0.2) is 44.3 Å². The lowest BCUT2D eigenvalue weighted by Gasteiger charge is -2.47. The van der Waals surface area contributed by atoms with Gasteiger partial charge in [-0.2, -0.15) is 0 Å². The fraction of sp³-hybridized carbons (Fsp3) is 0.571. The topological polar surface area (TPSA) is 89.0 Å². The zero-order valence-corrected chi connectivity index (χ0v) is 11.3. The Morgan fingerprint density at radius 3 is 2.55 bits per heavy atom.